The molecule has 24 heavy (non-hydrogen) atoms. The Balaban J connectivity index is 1.81. The van der Waals surface area contributed by atoms with Crippen LogP contribution in [0.3, 0.4) is 0 Å². The molecule has 1 N–H and O–H groups in total. The average Bonchev–Trinajstić information content (AvgIpc) is 3.09. The molecule has 0 aromatic carbocycles. The lowest BCUT2D eigenvalue weighted by Gasteiger charge is -2.24. The zero-order chi connectivity index (χ0) is 17.3. The summed E-state index contributed by atoms with van der Waals surface area (Å²) in [5.74, 6) is 0.410. The molecule has 0 aliphatic heterocycles. The minimum atomic E-state index is -0.131. The lowest BCUT2D eigenvalue weighted by Crippen LogP contribution is -2.35. The number of aromatic nitrogens is 3. The number of aryl methyl sites for hydroxylation is 2. The highest BCUT2D eigenvalue weighted by atomic mass is 32.1. The number of imidazole rings is 1. The van der Waals surface area contributed by atoms with Crippen LogP contribution in [-0.4, -0.2) is 45.8 Å². The van der Waals surface area contributed by atoms with E-state index in [2.05, 4.69) is 38.6 Å². The maximum absolute atomic E-state index is 12.7. The summed E-state index contributed by atoms with van der Waals surface area (Å²) in [4.78, 5) is 24.6. The molecule has 0 radical (unpaired) electrons. The van der Waals surface area contributed by atoms with Crippen molar-refractivity contribution in [2.24, 2.45) is 0 Å². The molecule has 1 amide bonds. The van der Waals surface area contributed by atoms with Crippen LogP contribution in [0.5, 0.6) is 0 Å². The van der Waals surface area contributed by atoms with Gasteiger partial charge in [0.25, 0.3) is 5.91 Å². The van der Waals surface area contributed by atoms with Crippen LogP contribution in [0, 0.1) is 13.8 Å². The normalized spacial score (nSPS) is 12.7. The van der Waals surface area contributed by atoms with E-state index in [1.807, 2.05) is 27.2 Å². The van der Waals surface area contributed by atoms with Crippen LogP contribution in [0.25, 0.3) is 5.78 Å². The molecule has 6 nitrogen and oxygen atoms in total. The second-order valence-corrected chi connectivity index (χ2v) is 6.94. The standard InChI is InChI=1S/C17H21N5OS/c1-11-6-9-24-15(11)13(21(3)4)10-19-16(23)14-12(2)20-17-18-7-5-8-22(14)17/h5-9,13H,10H2,1-4H3,(H,19,23)/t13-/m0/s1. The summed E-state index contributed by atoms with van der Waals surface area (Å²) in [6.07, 6.45) is 3.48. The molecule has 0 aliphatic rings. The van der Waals surface area contributed by atoms with Crippen molar-refractivity contribution in [3.63, 3.8) is 0 Å². The molecule has 3 aromatic heterocycles. The van der Waals surface area contributed by atoms with Gasteiger partial charge in [0.1, 0.15) is 5.69 Å². The highest BCUT2D eigenvalue weighted by Gasteiger charge is 2.21. The molecule has 0 aliphatic carbocycles. The summed E-state index contributed by atoms with van der Waals surface area (Å²) in [7, 11) is 4.05. The van der Waals surface area contributed by atoms with Gasteiger partial charge >= 0.3 is 0 Å². The van der Waals surface area contributed by atoms with Crippen LogP contribution in [-0.2, 0) is 0 Å². The van der Waals surface area contributed by atoms with Crippen molar-refractivity contribution in [1.82, 2.24) is 24.6 Å². The van der Waals surface area contributed by atoms with Gasteiger partial charge in [-0.05, 0) is 51.0 Å². The maximum atomic E-state index is 12.7. The first kappa shape index (κ1) is 16.6. The smallest absolute Gasteiger partial charge is 0.270 e. The lowest BCUT2D eigenvalue weighted by molar-refractivity contribution is 0.0935. The fourth-order valence-electron chi connectivity index (χ4n) is 2.78. The Morgan fingerprint density at radius 3 is 2.88 bits per heavy atom. The Morgan fingerprint density at radius 2 is 2.21 bits per heavy atom. The largest absolute Gasteiger partial charge is 0.349 e. The fraction of sp³-hybridized carbons (Fsp3) is 0.353. The van der Waals surface area contributed by atoms with Gasteiger partial charge < -0.3 is 10.2 Å². The van der Waals surface area contributed by atoms with E-state index in [4.69, 9.17) is 0 Å². The third kappa shape index (κ3) is 3.05. The van der Waals surface area contributed by atoms with Crippen molar-refractivity contribution < 1.29 is 4.79 Å². The summed E-state index contributed by atoms with van der Waals surface area (Å²) in [6.45, 7) is 4.47. The fourth-order valence-corrected chi connectivity index (χ4v) is 3.90. The van der Waals surface area contributed by atoms with E-state index in [9.17, 15) is 4.79 Å². The van der Waals surface area contributed by atoms with E-state index in [0.717, 1.165) is 0 Å². The SMILES string of the molecule is Cc1ccsc1[C@H](CNC(=O)c1c(C)nc2ncccn12)N(C)C. The van der Waals surface area contributed by atoms with Gasteiger partial charge in [-0.2, -0.15) is 0 Å². The topological polar surface area (TPSA) is 62.5 Å². The van der Waals surface area contributed by atoms with E-state index in [-0.39, 0.29) is 11.9 Å². The molecule has 7 heteroatoms. The van der Waals surface area contributed by atoms with Crippen molar-refractivity contribution in [2.45, 2.75) is 19.9 Å². The van der Waals surface area contributed by atoms with Crippen LogP contribution in [0.15, 0.2) is 29.9 Å². The number of rotatable bonds is 5. The van der Waals surface area contributed by atoms with Crippen molar-refractivity contribution >= 4 is 23.0 Å². The summed E-state index contributed by atoms with van der Waals surface area (Å²) in [5, 5.41) is 5.14. The number of hydrogen-bond acceptors (Lipinski definition) is 5. The van der Waals surface area contributed by atoms with Crippen LogP contribution < -0.4 is 5.32 Å². The Labute approximate surface area is 145 Å². The number of hydrogen-bond donors (Lipinski definition) is 1. The molecule has 0 saturated heterocycles. The number of likely N-dealkylation sites (N-methyl/N-ethyl adjacent to an activating group) is 1. The Morgan fingerprint density at radius 1 is 1.42 bits per heavy atom. The zero-order valence-electron chi connectivity index (χ0n) is 14.3. The maximum Gasteiger partial charge on any atom is 0.270 e. The summed E-state index contributed by atoms with van der Waals surface area (Å²) in [6, 6.07) is 4.05. The monoisotopic (exact) mass is 343 g/mol. The highest BCUT2D eigenvalue weighted by Crippen LogP contribution is 2.26. The molecule has 3 heterocycles. The molecular formula is C17H21N5OS. The molecule has 0 fully saturated rings. The minimum Gasteiger partial charge on any atom is -0.349 e. The van der Waals surface area contributed by atoms with E-state index >= 15 is 0 Å². The molecule has 0 spiro atoms. The van der Waals surface area contributed by atoms with Gasteiger partial charge in [-0.25, -0.2) is 9.97 Å². The predicted octanol–water partition coefficient (Wildman–Crippen LogP) is 2.44. The summed E-state index contributed by atoms with van der Waals surface area (Å²) in [5.41, 5.74) is 2.47. The third-order valence-corrected chi connectivity index (χ3v) is 5.20. The first-order valence-corrected chi connectivity index (χ1v) is 8.65. The lowest BCUT2D eigenvalue weighted by atomic mass is 10.1. The second kappa shape index (κ2) is 6.70. The van der Waals surface area contributed by atoms with Crippen molar-refractivity contribution in [3.05, 3.63) is 51.7 Å². The quantitative estimate of drug-likeness (QED) is 0.773. The number of carbonyl (C=O) groups is 1. The van der Waals surface area contributed by atoms with E-state index in [1.54, 1.807) is 28.0 Å². The zero-order valence-corrected chi connectivity index (χ0v) is 15.1. The van der Waals surface area contributed by atoms with Gasteiger partial charge in [-0.3, -0.25) is 9.20 Å². The number of fused-ring (bicyclic) bond motifs is 1. The first-order valence-electron chi connectivity index (χ1n) is 7.77. The van der Waals surface area contributed by atoms with E-state index < -0.39 is 0 Å². The number of nitrogens with one attached hydrogen (secondary N) is 1. The van der Waals surface area contributed by atoms with Crippen LogP contribution in [0.4, 0.5) is 0 Å². The van der Waals surface area contributed by atoms with Crippen LogP contribution >= 0.6 is 11.3 Å². The number of nitrogens with zero attached hydrogens (tertiary/aromatic N) is 4. The molecule has 1 atom stereocenters. The minimum absolute atomic E-state index is 0.131. The summed E-state index contributed by atoms with van der Waals surface area (Å²) >= 11 is 1.72. The molecule has 0 bridgehead atoms. The Bertz CT molecular complexity index is 867. The van der Waals surface area contributed by atoms with E-state index in [0.29, 0.717) is 23.7 Å². The molecule has 3 aromatic rings. The average molecular weight is 343 g/mol. The Hall–Kier alpha value is -2.25. The van der Waals surface area contributed by atoms with Gasteiger partial charge in [0.15, 0.2) is 0 Å². The van der Waals surface area contributed by atoms with E-state index in [1.165, 1.54) is 10.4 Å². The van der Waals surface area contributed by atoms with Gasteiger partial charge in [0, 0.05) is 23.8 Å². The first-order chi connectivity index (χ1) is 11.5. The Kier molecular flexibility index (Phi) is 4.64. The molecule has 0 unspecified atom stereocenters. The predicted molar refractivity (Wildman–Crippen MR) is 95.5 cm³/mol. The molecular weight excluding hydrogens is 322 g/mol. The number of thiophene rings is 1. The van der Waals surface area contributed by atoms with Gasteiger partial charge in [-0.15, -0.1) is 11.3 Å². The van der Waals surface area contributed by atoms with Gasteiger partial charge in [-0.1, -0.05) is 0 Å². The van der Waals surface area contributed by atoms with Crippen molar-refractivity contribution in [1.29, 1.82) is 0 Å². The molecule has 126 valence electrons. The van der Waals surface area contributed by atoms with Crippen molar-refractivity contribution in [2.75, 3.05) is 20.6 Å². The highest BCUT2D eigenvalue weighted by molar-refractivity contribution is 7.10. The molecule has 0 saturated carbocycles. The summed E-state index contributed by atoms with van der Waals surface area (Å²) < 4.78 is 1.73. The van der Waals surface area contributed by atoms with Gasteiger partial charge in [0.2, 0.25) is 5.78 Å². The van der Waals surface area contributed by atoms with Crippen LogP contribution in [0.2, 0.25) is 0 Å². The van der Waals surface area contributed by atoms with Crippen LogP contribution in [0.1, 0.15) is 32.7 Å². The molecule has 3 rings (SSSR count). The third-order valence-electron chi connectivity index (χ3n) is 4.08. The van der Waals surface area contributed by atoms with Crippen molar-refractivity contribution in [3.8, 4) is 0 Å². The van der Waals surface area contributed by atoms with Gasteiger partial charge in [0.05, 0.1) is 11.7 Å². The second-order valence-electron chi connectivity index (χ2n) is 5.99. The number of carbonyl (C=O) groups excluding carboxylic acids is 1. The number of amides is 1.